The predicted molar refractivity (Wildman–Crippen MR) is 126 cm³/mol. The number of amides is 1. The van der Waals surface area contributed by atoms with E-state index < -0.39 is 18.1 Å². The normalized spacial score (nSPS) is 20.1. The van der Waals surface area contributed by atoms with E-state index in [-0.39, 0.29) is 30.6 Å². The summed E-state index contributed by atoms with van der Waals surface area (Å²) < 4.78 is 5.33. The molecular weight excluding hydrogens is 438 g/mol. The van der Waals surface area contributed by atoms with Gasteiger partial charge in [-0.25, -0.2) is 0 Å². The molecule has 3 aromatic rings. The van der Waals surface area contributed by atoms with Gasteiger partial charge in [0.15, 0.2) is 5.78 Å². The van der Waals surface area contributed by atoms with Gasteiger partial charge >= 0.3 is 0 Å². The molecule has 3 heterocycles. The highest BCUT2D eigenvalue weighted by Crippen LogP contribution is 2.31. The highest BCUT2D eigenvalue weighted by atomic mass is 32.1. The van der Waals surface area contributed by atoms with Crippen molar-refractivity contribution in [2.24, 2.45) is 0 Å². The zero-order valence-electron chi connectivity index (χ0n) is 19.1. The van der Waals surface area contributed by atoms with E-state index in [2.05, 4.69) is 10.1 Å². The van der Waals surface area contributed by atoms with Crippen LogP contribution in [0.25, 0.3) is 10.4 Å². The Morgan fingerprint density at radius 3 is 2.67 bits per heavy atom. The first-order valence-electron chi connectivity index (χ1n) is 11.3. The molecular formula is C25H29N3O4S. The number of thiazole rings is 1. The molecule has 0 spiro atoms. The van der Waals surface area contributed by atoms with Crippen LogP contribution in [0.4, 0.5) is 0 Å². The van der Waals surface area contributed by atoms with Crippen LogP contribution in [0.3, 0.4) is 0 Å². The number of benzene rings is 1. The fourth-order valence-electron chi connectivity index (χ4n) is 4.50. The van der Waals surface area contributed by atoms with E-state index in [1.165, 1.54) is 0 Å². The van der Waals surface area contributed by atoms with Gasteiger partial charge in [0.1, 0.15) is 5.76 Å². The Morgan fingerprint density at radius 2 is 2.06 bits per heavy atom. The SMILES string of the molecule is CC[C@@H](C(=O)N1C[C@H](O)C[C@H]1C(=O)C[C@@H](C)c1ccc(-c2cncs2)cc1)c1cc(C)no1. The van der Waals surface area contributed by atoms with Crippen molar-refractivity contribution in [3.05, 3.63) is 59.1 Å². The summed E-state index contributed by atoms with van der Waals surface area (Å²) in [6.45, 7) is 5.89. The van der Waals surface area contributed by atoms with E-state index in [1.807, 2.05) is 44.3 Å². The van der Waals surface area contributed by atoms with Gasteiger partial charge in [-0.1, -0.05) is 43.3 Å². The number of likely N-dealkylation sites (tertiary alicyclic amines) is 1. The molecule has 2 aromatic heterocycles. The van der Waals surface area contributed by atoms with Crippen LogP contribution in [0.5, 0.6) is 0 Å². The third-order valence-electron chi connectivity index (χ3n) is 6.33. The van der Waals surface area contributed by atoms with Crippen LogP contribution in [0, 0.1) is 6.92 Å². The van der Waals surface area contributed by atoms with E-state index in [0.29, 0.717) is 24.3 Å². The Hall–Kier alpha value is -2.84. The maximum Gasteiger partial charge on any atom is 0.234 e. The number of carbonyl (C=O) groups excluding carboxylic acids is 2. The van der Waals surface area contributed by atoms with Crippen molar-refractivity contribution in [1.29, 1.82) is 0 Å². The maximum atomic E-state index is 13.3. The van der Waals surface area contributed by atoms with Gasteiger partial charge in [0, 0.05) is 31.6 Å². The summed E-state index contributed by atoms with van der Waals surface area (Å²) in [6.07, 6.45) is 2.25. The summed E-state index contributed by atoms with van der Waals surface area (Å²) >= 11 is 1.59. The molecule has 0 radical (unpaired) electrons. The molecule has 0 unspecified atom stereocenters. The third kappa shape index (κ3) is 5.07. The first-order chi connectivity index (χ1) is 15.9. The summed E-state index contributed by atoms with van der Waals surface area (Å²) in [5.41, 5.74) is 4.68. The van der Waals surface area contributed by atoms with Crippen LogP contribution in [0.15, 0.2) is 46.6 Å². The molecule has 4 rings (SSSR count). The molecule has 4 atom stereocenters. The monoisotopic (exact) mass is 467 g/mol. The Balaban J connectivity index is 1.45. The number of aliphatic hydroxyl groups is 1. The average molecular weight is 468 g/mol. The lowest BCUT2D eigenvalue weighted by Crippen LogP contribution is -2.43. The largest absolute Gasteiger partial charge is 0.391 e. The Labute approximate surface area is 197 Å². The lowest BCUT2D eigenvalue weighted by atomic mass is 9.91. The minimum Gasteiger partial charge on any atom is -0.391 e. The second-order valence-electron chi connectivity index (χ2n) is 8.79. The molecule has 174 valence electrons. The summed E-state index contributed by atoms with van der Waals surface area (Å²) in [7, 11) is 0. The first-order valence-corrected chi connectivity index (χ1v) is 12.2. The molecule has 1 N–H and O–H groups in total. The third-order valence-corrected chi connectivity index (χ3v) is 7.16. The van der Waals surface area contributed by atoms with Crippen molar-refractivity contribution >= 4 is 23.0 Å². The van der Waals surface area contributed by atoms with Gasteiger partial charge in [-0.3, -0.25) is 14.6 Å². The number of nitrogens with zero attached hydrogens (tertiary/aromatic N) is 3. The topological polar surface area (TPSA) is 96.5 Å². The van der Waals surface area contributed by atoms with Crippen molar-refractivity contribution < 1.29 is 19.2 Å². The number of aromatic nitrogens is 2. The molecule has 0 bridgehead atoms. The van der Waals surface area contributed by atoms with E-state index >= 15 is 0 Å². The minimum atomic E-state index is -0.703. The van der Waals surface area contributed by atoms with Crippen LogP contribution < -0.4 is 0 Å². The van der Waals surface area contributed by atoms with Crippen LogP contribution >= 0.6 is 11.3 Å². The second kappa shape index (κ2) is 9.97. The van der Waals surface area contributed by atoms with Crippen molar-refractivity contribution in [2.45, 2.75) is 64.0 Å². The smallest absolute Gasteiger partial charge is 0.234 e. The molecule has 0 saturated carbocycles. The molecule has 1 amide bonds. The minimum absolute atomic E-state index is 0.00148. The molecule has 7 nitrogen and oxygen atoms in total. The number of hydrogen-bond acceptors (Lipinski definition) is 7. The van der Waals surface area contributed by atoms with Crippen LogP contribution in [-0.2, 0) is 9.59 Å². The quantitative estimate of drug-likeness (QED) is 0.530. The number of hydrogen-bond donors (Lipinski definition) is 1. The fraction of sp³-hybridized carbons (Fsp3) is 0.440. The van der Waals surface area contributed by atoms with Crippen LogP contribution in [0.2, 0.25) is 0 Å². The lowest BCUT2D eigenvalue weighted by Gasteiger charge is -2.27. The van der Waals surface area contributed by atoms with Gasteiger partial charge in [0.05, 0.1) is 34.1 Å². The summed E-state index contributed by atoms with van der Waals surface area (Å²) in [5.74, 6) is -0.222. The summed E-state index contributed by atoms with van der Waals surface area (Å²) in [4.78, 5) is 33.3. The number of β-amino-alcohol motifs (C(OH)–C–C–N with tert-alkyl or cyclic N) is 1. The summed E-state index contributed by atoms with van der Waals surface area (Å²) in [5, 5.41) is 14.2. The molecule has 1 aliphatic rings. The van der Waals surface area contributed by atoms with Crippen molar-refractivity contribution in [1.82, 2.24) is 15.0 Å². The molecule has 1 aromatic carbocycles. The van der Waals surface area contributed by atoms with Gasteiger partial charge in [-0.15, -0.1) is 11.3 Å². The zero-order chi connectivity index (χ0) is 23.5. The number of carbonyl (C=O) groups is 2. The Kier molecular flexibility index (Phi) is 7.05. The van der Waals surface area contributed by atoms with E-state index in [0.717, 1.165) is 16.0 Å². The first kappa shape index (κ1) is 23.3. The molecule has 0 aliphatic carbocycles. The van der Waals surface area contributed by atoms with Crippen molar-refractivity contribution in [3.63, 3.8) is 0 Å². The van der Waals surface area contributed by atoms with E-state index in [1.54, 1.807) is 34.7 Å². The summed E-state index contributed by atoms with van der Waals surface area (Å²) in [6, 6.07) is 9.31. The number of aliphatic hydroxyl groups excluding tert-OH is 1. The van der Waals surface area contributed by atoms with Gasteiger partial charge in [0.25, 0.3) is 0 Å². The van der Waals surface area contributed by atoms with Gasteiger partial charge in [0.2, 0.25) is 5.91 Å². The maximum absolute atomic E-state index is 13.3. The number of ketones is 1. The van der Waals surface area contributed by atoms with Crippen molar-refractivity contribution in [3.8, 4) is 10.4 Å². The molecule has 8 heteroatoms. The van der Waals surface area contributed by atoms with Gasteiger partial charge in [-0.2, -0.15) is 0 Å². The molecule has 1 saturated heterocycles. The fourth-order valence-corrected chi connectivity index (χ4v) is 5.13. The molecule has 33 heavy (non-hydrogen) atoms. The predicted octanol–water partition coefficient (Wildman–Crippen LogP) is 4.32. The highest BCUT2D eigenvalue weighted by molar-refractivity contribution is 7.13. The van der Waals surface area contributed by atoms with E-state index in [9.17, 15) is 14.7 Å². The highest BCUT2D eigenvalue weighted by Gasteiger charge is 2.41. The van der Waals surface area contributed by atoms with Crippen LogP contribution in [0.1, 0.15) is 62.0 Å². The van der Waals surface area contributed by atoms with Crippen molar-refractivity contribution in [2.75, 3.05) is 6.54 Å². The van der Waals surface area contributed by atoms with Gasteiger partial charge < -0.3 is 14.5 Å². The van der Waals surface area contributed by atoms with Crippen LogP contribution in [-0.4, -0.2) is 50.5 Å². The Bertz CT molecular complexity index is 1090. The molecule has 1 fully saturated rings. The zero-order valence-corrected chi connectivity index (χ0v) is 19.9. The number of aryl methyl sites for hydroxylation is 1. The molecule has 1 aliphatic heterocycles. The number of rotatable bonds is 8. The second-order valence-corrected chi connectivity index (χ2v) is 9.67. The lowest BCUT2D eigenvalue weighted by molar-refractivity contribution is -0.139. The van der Waals surface area contributed by atoms with E-state index in [4.69, 9.17) is 4.52 Å². The average Bonchev–Trinajstić information content (AvgIpc) is 3.56. The standard InChI is InChI=1S/C25H29N3O4S/c1-4-20(23-10-16(3)27-32-23)25(31)28-13-19(29)11-21(28)22(30)9-15(2)17-5-7-18(8-6-17)24-12-26-14-33-24/h5-8,10,12,14-15,19-21,29H,4,9,11,13H2,1-3H3/t15-,19-,20-,21+/m1/s1. The van der Waals surface area contributed by atoms with Gasteiger partial charge in [-0.05, 0) is 30.4 Å². The Morgan fingerprint density at radius 1 is 1.30 bits per heavy atom. The number of Topliss-reactive ketones (excluding diaryl/α,β-unsaturated/α-hetero) is 1.